The van der Waals surface area contributed by atoms with Gasteiger partial charge < -0.3 is 71.8 Å². The Bertz CT molecular complexity index is 1970. The molecule has 15 heteroatoms. The number of aryl methyl sites for hydroxylation is 2. The molecule has 10 rings (SSSR count). The molecule has 0 bridgehead atoms. The lowest BCUT2D eigenvalue weighted by Gasteiger charge is -2.33. The van der Waals surface area contributed by atoms with Crippen molar-refractivity contribution in [3.05, 3.63) is 71.8 Å². The zero-order valence-corrected chi connectivity index (χ0v) is 49.5. The largest absolute Gasteiger partial charge is 0.394 e. The molecule has 6 saturated heterocycles. The standard InChI is InChI=1S/C34H54O8.C33H50O7/c35-24-26(36)22-29-28(18-17-27(40-32-12-4-7-19-37-32)16-15-25-10-2-1-3-11-25)30(41-33-13-5-8-20-38-33)23-31(29)42-34-14-6-9-21-39-34;34-20-19-28-27(18-17-26(38-31-12-4-7-21-35-31)16-15-25-10-2-1-3-11-25)29(39-32-13-5-8-22-36-32)24-30(28)40-33-14-6-9-23-37-33/h1-3,10-11,26-36H,4-9,12-24H2;1-3,10-11,20,26-33H,4-9,12-19,21-24H2/t26?,27-,28+,29+,30+,31-,32?,33?,34?;26-,27+,28+,29+,30?,31?,32?,33?/m00/s1. The number of carbonyl (C=O) groups excluding carboxylic acids is 1. The Morgan fingerprint density at radius 3 is 1.12 bits per heavy atom. The van der Waals surface area contributed by atoms with Gasteiger partial charge in [-0.1, -0.05) is 60.7 Å². The Morgan fingerprint density at radius 1 is 0.439 bits per heavy atom. The van der Waals surface area contributed by atoms with Crippen LogP contribution in [0.15, 0.2) is 60.7 Å². The molecule has 0 radical (unpaired) electrons. The van der Waals surface area contributed by atoms with E-state index in [4.69, 9.17) is 56.8 Å². The van der Waals surface area contributed by atoms with E-state index in [1.807, 2.05) is 0 Å². The lowest BCUT2D eigenvalue weighted by Crippen LogP contribution is -2.35. The van der Waals surface area contributed by atoms with Crippen molar-refractivity contribution in [2.24, 2.45) is 23.7 Å². The summed E-state index contributed by atoms with van der Waals surface area (Å²) in [6.45, 7) is 4.25. The number of rotatable bonds is 29. The van der Waals surface area contributed by atoms with Crippen molar-refractivity contribution in [1.29, 1.82) is 0 Å². The van der Waals surface area contributed by atoms with Gasteiger partial charge in [0.25, 0.3) is 0 Å². The van der Waals surface area contributed by atoms with Crippen LogP contribution in [-0.2, 0) is 74.5 Å². The molecule has 17 atom stereocenters. The molecule has 2 aromatic rings. The molecule has 8 unspecified atom stereocenters. The van der Waals surface area contributed by atoms with Gasteiger partial charge in [0.15, 0.2) is 37.7 Å². The minimum absolute atomic E-state index is 0.00217. The topological polar surface area (TPSA) is 168 Å². The van der Waals surface area contributed by atoms with Crippen LogP contribution in [0.25, 0.3) is 0 Å². The summed E-state index contributed by atoms with van der Waals surface area (Å²) >= 11 is 0. The van der Waals surface area contributed by atoms with Crippen molar-refractivity contribution in [2.45, 2.75) is 273 Å². The van der Waals surface area contributed by atoms with E-state index in [2.05, 4.69) is 60.7 Å². The number of aliphatic hydroxyl groups is 2. The van der Waals surface area contributed by atoms with E-state index < -0.39 is 6.10 Å². The summed E-state index contributed by atoms with van der Waals surface area (Å²) in [5.74, 6) is 0.518. The summed E-state index contributed by atoms with van der Waals surface area (Å²) in [5, 5.41) is 20.4. The van der Waals surface area contributed by atoms with Crippen LogP contribution < -0.4 is 0 Å². The molecule has 8 fully saturated rings. The minimum atomic E-state index is -0.790. The molecule has 2 aromatic carbocycles. The zero-order chi connectivity index (χ0) is 56.4. The van der Waals surface area contributed by atoms with Crippen LogP contribution >= 0.6 is 0 Å². The van der Waals surface area contributed by atoms with Gasteiger partial charge in [-0.3, -0.25) is 0 Å². The summed E-state index contributed by atoms with van der Waals surface area (Å²) < 4.78 is 75.5. The van der Waals surface area contributed by atoms with Gasteiger partial charge in [0.2, 0.25) is 0 Å². The van der Waals surface area contributed by atoms with E-state index in [1.165, 1.54) is 11.1 Å². The number of aldehydes is 1. The third kappa shape index (κ3) is 21.2. The predicted octanol–water partition coefficient (Wildman–Crippen LogP) is 11.9. The average Bonchev–Trinajstić information content (AvgIpc) is 4.14. The van der Waals surface area contributed by atoms with Crippen LogP contribution in [0.4, 0.5) is 0 Å². The van der Waals surface area contributed by atoms with Crippen molar-refractivity contribution in [3.63, 3.8) is 0 Å². The second-order valence-corrected chi connectivity index (χ2v) is 24.8. The first-order valence-electron chi connectivity index (χ1n) is 32.9. The molecule has 462 valence electrons. The maximum atomic E-state index is 11.9. The second kappa shape index (κ2) is 36.0. The fourth-order valence-electron chi connectivity index (χ4n) is 14.2. The number of aliphatic hydroxyl groups excluding tert-OH is 2. The number of hydrogen-bond donors (Lipinski definition) is 2. The molecule has 2 N–H and O–H groups in total. The molecule has 0 amide bonds. The van der Waals surface area contributed by atoms with Crippen molar-refractivity contribution in [3.8, 4) is 0 Å². The highest BCUT2D eigenvalue weighted by Gasteiger charge is 2.48. The van der Waals surface area contributed by atoms with E-state index in [0.717, 1.165) is 226 Å². The van der Waals surface area contributed by atoms with Gasteiger partial charge in [0.1, 0.15) is 6.29 Å². The number of carbonyl (C=O) groups is 1. The molecule has 0 aromatic heterocycles. The van der Waals surface area contributed by atoms with Crippen LogP contribution in [0.3, 0.4) is 0 Å². The second-order valence-electron chi connectivity index (χ2n) is 24.8. The maximum absolute atomic E-state index is 11.9. The fraction of sp³-hybridized carbons (Fsp3) is 0.806. The first-order chi connectivity index (χ1) is 40.5. The number of benzene rings is 2. The zero-order valence-electron chi connectivity index (χ0n) is 49.5. The number of hydrogen-bond acceptors (Lipinski definition) is 15. The molecule has 8 aliphatic rings. The number of ether oxygens (including phenoxy) is 12. The Labute approximate surface area is 491 Å². The molecule has 6 heterocycles. The molecular formula is C67H104O15. The summed E-state index contributed by atoms with van der Waals surface area (Å²) in [7, 11) is 0. The monoisotopic (exact) mass is 1150 g/mol. The third-order valence-electron chi connectivity index (χ3n) is 18.7. The summed E-state index contributed by atoms with van der Waals surface area (Å²) in [4.78, 5) is 11.9. The van der Waals surface area contributed by atoms with Gasteiger partial charge in [0, 0.05) is 58.9 Å². The molecule has 2 aliphatic carbocycles. The van der Waals surface area contributed by atoms with Crippen molar-refractivity contribution >= 4 is 6.29 Å². The van der Waals surface area contributed by atoms with Gasteiger partial charge >= 0.3 is 0 Å². The molecular weight excluding hydrogens is 1040 g/mol. The maximum Gasteiger partial charge on any atom is 0.157 e. The average molecular weight is 1150 g/mol. The van der Waals surface area contributed by atoms with Crippen molar-refractivity contribution in [1.82, 2.24) is 0 Å². The molecule has 0 spiro atoms. The highest BCUT2D eigenvalue weighted by Crippen LogP contribution is 2.46. The van der Waals surface area contributed by atoms with E-state index in [-0.39, 0.29) is 105 Å². The van der Waals surface area contributed by atoms with Crippen LogP contribution in [-0.4, -0.2) is 143 Å². The van der Waals surface area contributed by atoms with Crippen molar-refractivity contribution < 1.29 is 71.8 Å². The third-order valence-corrected chi connectivity index (χ3v) is 18.7. The van der Waals surface area contributed by atoms with Crippen LogP contribution in [0.2, 0.25) is 0 Å². The van der Waals surface area contributed by atoms with Gasteiger partial charge in [-0.2, -0.15) is 0 Å². The Morgan fingerprint density at radius 2 is 0.780 bits per heavy atom. The first kappa shape index (κ1) is 64.0. The summed E-state index contributed by atoms with van der Waals surface area (Å²) in [6, 6.07) is 21.2. The normalized spacial score (nSPS) is 33.9. The van der Waals surface area contributed by atoms with Gasteiger partial charge in [0.05, 0.1) is 49.3 Å². The Kier molecular flexibility index (Phi) is 28.1. The predicted molar refractivity (Wildman–Crippen MR) is 310 cm³/mol. The van der Waals surface area contributed by atoms with E-state index >= 15 is 0 Å². The SMILES string of the molecule is O=CC[C@H]1C(OC2CCCCO2)C[C@@H](OC2CCCCO2)[C@@H]1CC[C@H](CCc1ccccc1)OC1CCCCO1.OCC(O)C[C@@H]1[C@@H](CC[C@H](CCc2ccccc2)OC2CCCCO2)[C@H](OC2CCCCO2)C[C@@H]1OC1CCCCO1. The van der Waals surface area contributed by atoms with Crippen LogP contribution in [0.5, 0.6) is 0 Å². The lowest BCUT2D eigenvalue weighted by molar-refractivity contribution is -0.205. The quantitative estimate of drug-likeness (QED) is 0.0738. The van der Waals surface area contributed by atoms with E-state index in [0.29, 0.717) is 12.8 Å². The van der Waals surface area contributed by atoms with E-state index in [9.17, 15) is 15.0 Å². The highest BCUT2D eigenvalue weighted by atomic mass is 16.7. The van der Waals surface area contributed by atoms with Crippen molar-refractivity contribution in [2.75, 3.05) is 46.2 Å². The summed E-state index contributed by atoms with van der Waals surface area (Å²) in [5.41, 5.74) is 2.65. The highest BCUT2D eigenvalue weighted by molar-refractivity contribution is 5.50. The smallest absolute Gasteiger partial charge is 0.157 e. The molecule has 82 heavy (non-hydrogen) atoms. The van der Waals surface area contributed by atoms with Gasteiger partial charge in [-0.25, -0.2) is 0 Å². The van der Waals surface area contributed by atoms with Gasteiger partial charge in [-0.15, -0.1) is 0 Å². The summed E-state index contributed by atoms with van der Waals surface area (Å²) in [6.07, 6.45) is 28.0. The lowest BCUT2D eigenvalue weighted by atomic mass is 9.84. The molecule has 15 nitrogen and oxygen atoms in total. The van der Waals surface area contributed by atoms with Gasteiger partial charge in [-0.05, 0) is 208 Å². The fourth-order valence-corrected chi connectivity index (χ4v) is 14.2. The first-order valence-corrected chi connectivity index (χ1v) is 32.9. The van der Waals surface area contributed by atoms with Crippen LogP contribution in [0.1, 0.15) is 191 Å². The van der Waals surface area contributed by atoms with Crippen LogP contribution in [0, 0.1) is 23.7 Å². The Balaban J connectivity index is 0.000000198. The molecule has 6 aliphatic heterocycles. The molecule has 2 saturated carbocycles. The Hall–Kier alpha value is -2.45. The van der Waals surface area contributed by atoms with E-state index in [1.54, 1.807) is 0 Å². The minimum Gasteiger partial charge on any atom is -0.394 e.